The monoisotopic (exact) mass is 332 g/mol. The Morgan fingerprint density at radius 2 is 1.71 bits per heavy atom. The number of ether oxygens (including phenoxy) is 1. The van der Waals surface area contributed by atoms with Crippen molar-refractivity contribution in [2.24, 2.45) is 34.5 Å². The Morgan fingerprint density at radius 3 is 2.42 bits per heavy atom. The third kappa shape index (κ3) is 2.21. The zero-order chi connectivity index (χ0) is 17.2. The van der Waals surface area contributed by atoms with Crippen molar-refractivity contribution < 1.29 is 9.84 Å². The van der Waals surface area contributed by atoms with Gasteiger partial charge in [0, 0.05) is 7.11 Å². The smallest absolute Gasteiger partial charge is 0.0828 e. The number of hydrogen-bond acceptors (Lipinski definition) is 2. The molecular weight excluding hydrogens is 296 g/mol. The molecule has 0 aromatic heterocycles. The Morgan fingerprint density at radius 1 is 0.958 bits per heavy atom. The second-order valence-electron chi connectivity index (χ2n) is 10.0. The van der Waals surface area contributed by atoms with Crippen LogP contribution in [0.4, 0.5) is 0 Å². The number of hydrogen-bond donors (Lipinski definition) is 1. The first kappa shape index (κ1) is 17.1. The molecule has 8 atom stereocenters. The zero-order valence-corrected chi connectivity index (χ0v) is 15.9. The van der Waals surface area contributed by atoms with Gasteiger partial charge in [0.1, 0.15) is 0 Å². The van der Waals surface area contributed by atoms with Crippen LogP contribution in [0.3, 0.4) is 0 Å². The van der Waals surface area contributed by atoms with Gasteiger partial charge in [-0.1, -0.05) is 19.9 Å². The fourth-order valence-corrected chi connectivity index (χ4v) is 7.80. The fraction of sp³-hybridized carbons (Fsp3) is 0.909. The lowest BCUT2D eigenvalue weighted by atomic mass is 9.44. The minimum absolute atomic E-state index is 0.412. The summed E-state index contributed by atoms with van der Waals surface area (Å²) in [5.74, 6) is 3.29. The summed E-state index contributed by atoms with van der Waals surface area (Å²) in [6, 6.07) is 0. The summed E-state index contributed by atoms with van der Waals surface area (Å²) < 4.78 is 5.89. The molecule has 4 aliphatic rings. The molecule has 0 spiro atoms. The second-order valence-corrected chi connectivity index (χ2v) is 10.0. The van der Waals surface area contributed by atoms with Gasteiger partial charge in [-0.2, -0.15) is 0 Å². The van der Waals surface area contributed by atoms with Gasteiger partial charge in [0.05, 0.1) is 11.7 Å². The molecular formula is C22H36O2. The fourth-order valence-electron chi connectivity index (χ4n) is 7.80. The highest BCUT2D eigenvalue weighted by Gasteiger charge is 2.61. The molecule has 2 heteroatoms. The lowest BCUT2D eigenvalue weighted by Crippen LogP contribution is -2.56. The number of aliphatic hydroxyl groups is 1. The van der Waals surface area contributed by atoms with Gasteiger partial charge in [-0.15, -0.1) is 6.58 Å². The first-order valence-corrected chi connectivity index (χ1v) is 10.2. The minimum atomic E-state index is -0.602. The van der Waals surface area contributed by atoms with Crippen molar-refractivity contribution in [2.75, 3.05) is 7.11 Å². The summed E-state index contributed by atoms with van der Waals surface area (Å²) in [6.45, 7) is 8.98. The van der Waals surface area contributed by atoms with E-state index in [9.17, 15) is 5.11 Å². The normalized spacial score (nSPS) is 56.9. The van der Waals surface area contributed by atoms with Crippen LogP contribution in [0.25, 0.3) is 0 Å². The van der Waals surface area contributed by atoms with Gasteiger partial charge in [0.25, 0.3) is 0 Å². The SMILES string of the molecule is C=C[C@@]1(O)CC[C@@]2(C)[C@@H](CC[C@@H]3[C@@H]2CC[C@]2(C)[C@@H](OC)CC[C@@H]32)C1. The van der Waals surface area contributed by atoms with Gasteiger partial charge in [0.15, 0.2) is 0 Å². The van der Waals surface area contributed by atoms with Crippen molar-refractivity contribution >= 4 is 0 Å². The van der Waals surface area contributed by atoms with E-state index in [1.807, 2.05) is 13.2 Å². The predicted molar refractivity (Wildman–Crippen MR) is 97.7 cm³/mol. The predicted octanol–water partition coefficient (Wildman–Crippen LogP) is 4.96. The van der Waals surface area contributed by atoms with Crippen LogP contribution in [0.2, 0.25) is 0 Å². The van der Waals surface area contributed by atoms with Crippen LogP contribution in [-0.2, 0) is 4.74 Å². The third-order valence-corrected chi connectivity index (χ3v) is 9.34. The van der Waals surface area contributed by atoms with E-state index >= 15 is 0 Å². The summed E-state index contributed by atoms with van der Waals surface area (Å²) in [6.07, 6.45) is 13.3. The van der Waals surface area contributed by atoms with E-state index < -0.39 is 5.60 Å². The maximum absolute atomic E-state index is 10.8. The van der Waals surface area contributed by atoms with E-state index in [2.05, 4.69) is 20.4 Å². The Labute approximate surface area is 148 Å². The average Bonchev–Trinajstić information content (AvgIpc) is 2.92. The molecule has 0 saturated heterocycles. The maximum atomic E-state index is 10.8. The minimum Gasteiger partial charge on any atom is -0.386 e. The van der Waals surface area contributed by atoms with Crippen molar-refractivity contribution in [3.8, 4) is 0 Å². The lowest BCUT2D eigenvalue weighted by molar-refractivity contribution is -0.147. The van der Waals surface area contributed by atoms with Gasteiger partial charge in [0.2, 0.25) is 0 Å². The van der Waals surface area contributed by atoms with Gasteiger partial charge in [-0.05, 0) is 92.3 Å². The molecule has 0 bridgehead atoms. The highest BCUT2D eigenvalue weighted by atomic mass is 16.5. The van der Waals surface area contributed by atoms with Gasteiger partial charge in [-0.3, -0.25) is 0 Å². The van der Waals surface area contributed by atoms with E-state index in [-0.39, 0.29) is 0 Å². The van der Waals surface area contributed by atoms with Crippen LogP contribution in [-0.4, -0.2) is 23.9 Å². The number of fused-ring (bicyclic) bond motifs is 5. The Hall–Kier alpha value is -0.340. The molecule has 0 aliphatic heterocycles. The van der Waals surface area contributed by atoms with Crippen molar-refractivity contribution in [1.29, 1.82) is 0 Å². The van der Waals surface area contributed by atoms with Gasteiger partial charge in [-0.25, -0.2) is 0 Å². The summed E-state index contributed by atoms with van der Waals surface area (Å²) >= 11 is 0. The molecule has 0 aromatic rings. The van der Waals surface area contributed by atoms with Crippen LogP contribution in [0.1, 0.15) is 71.6 Å². The molecule has 0 heterocycles. The quantitative estimate of drug-likeness (QED) is 0.724. The molecule has 4 saturated carbocycles. The molecule has 4 aliphatic carbocycles. The molecule has 4 rings (SSSR count). The first-order valence-electron chi connectivity index (χ1n) is 10.2. The summed E-state index contributed by atoms with van der Waals surface area (Å²) in [4.78, 5) is 0. The summed E-state index contributed by atoms with van der Waals surface area (Å²) in [5.41, 5.74) is 0.245. The van der Waals surface area contributed by atoms with Crippen molar-refractivity contribution in [2.45, 2.75) is 83.3 Å². The van der Waals surface area contributed by atoms with E-state index in [4.69, 9.17) is 4.74 Å². The molecule has 1 N–H and O–H groups in total. The Balaban J connectivity index is 1.59. The molecule has 0 unspecified atom stereocenters. The van der Waals surface area contributed by atoms with E-state index in [1.165, 1.54) is 44.9 Å². The first-order chi connectivity index (χ1) is 11.4. The molecule has 136 valence electrons. The van der Waals surface area contributed by atoms with E-state index in [1.54, 1.807) is 0 Å². The Kier molecular flexibility index (Phi) is 3.97. The van der Waals surface area contributed by atoms with Gasteiger partial charge < -0.3 is 9.84 Å². The van der Waals surface area contributed by atoms with Gasteiger partial charge >= 0.3 is 0 Å². The average molecular weight is 333 g/mol. The Bertz CT molecular complexity index is 516. The van der Waals surface area contributed by atoms with Crippen LogP contribution >= 0.6 is 0 Å². The van der Waals surface area contributed by atoms with Crippen LogP contribution in [0, 0.1) is 34.5 Å². The summed E-state index contributed by atoms with van der Waals surface area (Å²) in [5, 5.41) is 10.8. The standard InChI is InChI=1S/C22H36O2/c1-5-22(23)13-12-20(2)15(14-22)6-7-16-17-8-9-19(24-4)21(17,3)11-10-18(16)20/h5,15-19,23H,1,6-14H2,2-4H3/t15-,16-,17-,18-,19-,20-,21-,22+/m0/s1. The zero-order valence-electron chi connectivity index (χ0n) is 15.9. The highest BCUT2D eigenvalue weighted by molar-refractivity contribution is 5.12. The maximum Gasteiger partial charge on any atom is 0.0828 e. The van der Waals surface area contributed by atoms with Crippen LogP contribution in [0.5, 0.6) is 0 Å². The van der Waals surface area contributed by atoms with E-state index in [0.717, 1.165) is 30.6 Å². The molecule has 24 heavy (non-hydrogen) atoms. The molecule has 2 nitrogen and oxygen atoms in total. The summed E-state index contributed by atoms with van der Waals surface area (Å²) in [7, 11) is 1.92. The largest absolute Gasteiger partial charge is 0.386 e. The highest BCUT2D eigenvalue weighted by Crippen LogP contribution is 2.67. The third-order valence-electron chi connectivity index (χ3n) is 9.34. The molecule has 0 aromatic carbocycles. The topological polar surface area (TPSA) is 29.5 Å². The van der Waals surface area contributed by atoms with Crippen LogP contribution < -0.4 is 0 Å². The lowest BCUT2D eigenvalue weighted by Gasteiger charge is -2.61. The van der Waals surface area contributed by atoms with Crippen LogP contribution in [0.15, 0.2) is 12.7 Å². The van der Waals surface area contributed by atoms with Crippen molar-refractivity contribution in [1.82, 2.24) is 0 Å². The molecule has 0 amide bonds. The number of rotatable bonds is 2. The van der Waals surface area contributed by atoms with Crippen molar-refractivity contribution in [3.05, 3.63) is 12.7 Å². The second kappa shape index (κ2) is 5.58. The molecule has 4 fully saturated rings. The molecule has 0 radical (unpaired) electrons. The number of methoxy groups -OCH3 is 1. The van der Waals surface area contributed by atoms with E-state index in [0.29, 0.717) is 22.9 Å². The van der Waals surface area contributed by atoms with Crippen molar-refractivity contribution in [3.63, 3.8) is 0 Å².